The molecule has 0 aliphatic rings. The summed E-state index contributed by atoms with van der Waals surface area (Å²) >= 11 is 0. The SMILES string of the molecule is Cc1cc2ccccc2nc1NCCC(=O)NC(C)(C)C. The molecule has 0 atom stereocenters. The van der Waals surface area contributed by atoms with E-state index in [4.69, 9.17) is 0 Å². The van der Waals surface area contributed by atoms with Crippen molar-refractivity contribution in [3.63, 3.8) is 0 Å². The second-order valence-electron chi connectivity index (χ2n) is 6.32. The van der Waals surface area contributed by atoms with Gasteiger partial charge in [0, 0.05) is 23.9 Å². The first-order valence-electron chi connectivity index (χ1n) is 7.26. The number of amides is 1. The number of carbonyl (C=O) groups is 1. The van der Waals surface area contributed by atoms with Crippen LogP contribution in [0.25, 0.3) is 10.9 Å². The van der Waals surface area contributed by atoms with Crippen LogP contribution >= 0.6 is 0 Å². The molecule has 0 unspecified atom stereocenters. The number of aromatic nitrogens is 1. The van der Waals surface area contributed by atoms with Gasteiger partial charge in [0.15, 0.2) is 0 Å². The molecule has 0 bridgehead atoms. The Bertz CT molecular complexity index is 644. The van der Waals surface area contributed by atoms with E-state index in [0.717, 1.165) is 22.3 Å². The quantitative estimate of drug-likeness (QED) is 0.906. The fraction of sp³-hybridized carbons (Fsp3) is 0.412. The van der Waals surface area contributed by atoms with Crippen LogP contribution in [0, 0.1) is 6.92 Å². The van der Waals surface area contributed by atoms with E-state index in [1.165, 1.54) is 0 Å². The largest absolute Gasteiger partial charge is 0.369 e. The van der Waals surface area contributed by atoms with Gasteiger partial charge in [-0.15, -0.1) is 0 Å². The molecule has 0 saturated heterocycles. The topological polar surface area (TPSA) is 54.0 Å². The van der Waals surface area contributed by atoms with Crippen LogP contribution in [0.3, 0.4) is 0 Å². The fourth-order valence-corrected chi connectivity index (χ4v) is 2.18. The zero-order chi connectivity index (χ0) is 15.5. The molecule has 0 aliphatic carbocycles. The van der Waals surface area contributed by atoms with Crippen LogP contribution in [-0.4, -0.2) is 23.0 Å². The van der Waals surface area contributed by atoms with Crippen molar-refractivity contribution < 1.29 is 4.79 Å². The second-order valence-corrected chi connectivity index (χ2v) is 6.32. The molecule has 0 aliphatic heterocycles. The maximum absolute atomic E-state index is 11.8. The lowest BCUT2D eigenvalue weighted by atomic mass is 10.1. The normalized spacial score (nSPS) is 11.4. The minimum Gasteiger partial charge on any atom is -0.369 e. The van der Waals surface area contributed by atoms with Crippen LogP contribution < -0.4 is 10.6 Å². The number of rotatable bonds is 4. The summed E-state index contributed by atoms with van der Waals surface area (Å²) in [5, 5.41) is 7.33. The number of hydrogen-bond donors (Lipinski definition) is 2. The molecule has 1 heterocycles. The van der Waals surface area contributed by atoms with Crippen molar-refractivity contribution in [1.29, 1.82) is 0 Å². The molecular weight excluding hydrogens is 262 g/mol. The van der Waals surface area contributed by atoms with Gasteiger partial charge >= 0.3 is 0 Å². The Morgan fingerprint density at radius 1 is 1.24 bits per heavy atom. The van der Waals surface area contributed by atoms with Crippen molar-refractivity contribution in [2.75, 3.05) is 11.9 Å². The van der Waals surface area contributed by atoms with Gasteiger partial charge in [0.2, 0.25) is 5.91 Å². The third kappa shape index (κ3) is 4.45. The number of hydrogen-bond acceptors (Lipinski definition) is 3. The lowest BCUT2D eigenvalue weighted by Crippen LogP contribution is -2.41. The summed E-state index contributed by atoms with van der Waals surface area (Å²) in [5.41, 5.74) is 1.86. The van der Waals surface area contributed by atoms with Gasteiger partial charge in [-0.05, 0) is 45.4 Å². The Balaban J connectivity index is 1.97. The highest BCUT2D eigenvalue weighted by molar-refractivity contribution is 5.81. The molecule has 4 heteroatoms. The van der Waals surface area contributed by atoms with Gasteiger partial charge in [0.05, 0.1) is 5.52 Å². The van der Waals surface area contributed by atoms with Gasteiger partial charge in [-0.3, -0.25) is 4.79 Å². The molecule has 1 aromatic carbocycles. The van der Waals surface area contributed by atoms with Crippen molar-refractivity contribution in [3.8, 4) is 0 Å². The average Bonchev–Trinajstić information content (AvgIpc) is 2.37. The van der Waals surface area contributed by atoms with Crippen molar-refractivity contribution in [2.45, 2.75) is 39.7 Å². The van der Waals surface area contributed by atoms with Gasteiger partial charge in [0.1, 0.15) is 5.82 Å². The summed E-state index contributed by atoms with van der Waals surface area (Å²) in [6.45, 7) is 8.54. The molecule has 0 spiro atoms. The van der Waals surface area contributed by atoms with Crippen molar-refractivity contribution in [3.05, 3.63) is 35.9 Å². The molecule has 112 valence electrons. The van der Waals surface area contributed by atoms with Crippen molar-refractivity contribution in [1.82, 2.24) is 10.3 Å². The summed E-state index contributed by atoms with van der Waals surface area (Å²) in [4.78, 5) is 16.4. The van der Waals surface area contributed by atoms with Gasteiger partial charge in [0.25, 0.3) is 0 Å². The first-order valence-corrected chi connectivity index (χ1v) is 7.26. The number of pyridine rings is 1. The molecule has 1 aromatic heterocycles. The summed E-state index contributed by atoms with van der Waals surface area (Å²) in [5.74, 6) is 0.894. The number of para-hydroxylation sites is 1. The summed E-state index contributed by atoms with van der Waals surface area (Å²) in [6.07, 6.45) is 0.436. The molecule has 2 N–H and O–H groups in total. The Morgan fingerprint density at radius 2 is 1.95 bits per heavy atom. The molecule has 2 aromatic rings. The maximum Gasteiger partial charge on any atom is 0.222 e. The molecule has 0 fully saturated rings. The van der Waals surface area contributed by atoms with Crippen LogP contribution in [0.5, 0.6) is 0 Å². The predicted molar refractivity (Wildman–Crippen MR) is 87.5 cm³/mol. The van der Waals surface area contributed by atoms with Crippen LogP contribution in [0.2, 0.25) is 0 Å². The minimum atomic E-state index is -0.186. The number of aryl methyl sites for hydroxylation is 1. The Labute approximate surface area is 126 Å². The summed E-state index contributed by atoms with van der Waals surface area (Å²) in [7, 11) is 0. The first kappa shape index (κ1) is 15.3. The van der Waals surface area contributed by atoms with Gasteiger partial charge in [-0.1, -0.05) is 18.2 Å². The van der Waals surface area contributed by atoms with E-state index < -0.39 is 0 Å². The van der Waals surface area contributed by atoms with E-state index in [2.05, 4.69) is 27.8 Å². The van der Waals surface area contributed by atoms with Crippen LogP contribution in [0.4, 0.5) is 5.82 Å². The molecule has 0 radical (unpaired) electrons. The Kier molecular flexibility index (Phi) is 4.46. The number of anilines is 1. The molecule has 2 rings (SSSR count). The number of benzene rings is 1. The number of carbonyl (C=O) groups excluding carboxylic acids is 1. The molecule has 0 saturated carbocycles. The monoisotopic (exact) mass is 285 g/mol. The molecule has 4 nitrogen and oxygen atoms in total. The zero-order valence-corrected chi connectivity index (χ0v) is 13.2. The highest BCUT2D eigenvalue weighted by Crippen LogP contribution is 2.19. The van der Waals surface area contributed by atoms with Crippen LogP contribution in [-0.2, 0) is 4.79 Å². The summed E-state index contributed by atoms with van der Waals surface area (Å²) < 4.78 is 0. The summed E-state index contributed by atoms with van der Waals surface area (Å²) in [6, 6.07) is 10.1. The van der Waals surface area contributed by atoms with Gasteiger partial charge in [-0.25, -0.2) is 4.98 Å². The standard InChI is InChI=1S/C17H23N3O/c1-12-11-13-7-5-6-8-14(13)19-16(12)18-10-9-15(21)20-17(2,3)4/h5-8,11H,9-10H2,1-4H3,(H,18,19)(H,20,21). The Morgan fingerprint density at radius 3 is 2.67 bits per heavy atom. The first-order chi connectivity index (χ1) is 9.85. The maximum atomic E-state index is 11.8. The van der Waals surface area contributed by atoms with Gasteiger partial charge < -0.3 is 10.6 Å². The smallest absolute Gasteiger partial charge is 0.222 e. The van der Waals surface area contributed by atoms with Crippen LogP contribution in [0.15, 0.2) is 30.3 Å². The number of fused-ring (bicyclic) bond motifs is 1. The lowest BCUT2D eigenvalue weighted by Gasteiger charge is -2.20. The zero-order valence-electron chi connectivity index (χ0n) is 13.2. The average molecular weight is 285 g/mol. The number of nitrogens with zero attached hydrogens (tertiary/aromatic N) is 1. The van der Waals surface area contributed by atoms with Crippen molar-refractivity contribution >= 4 is 22.6 Å². The van der Waals surface area contributed by atoms with Crippen molar-refractivity contribution in [2.24, 2.45) is 0 Å². The molecule has 1 amide bonds. The molecular formula is C17H23N3O. The third-order valence-electron chi connectivity index (χ3n) is 3.07. The molecule has 21 heavy (non-hydrogen) atoms. The van der Waals surface area contributed by atoms with Crippen LogP contribution in [0.1, 0.15) is 32.8 Å². The Hall–Kier alpha value is -2.10. The second kappa shape index (κ2) is 6.12. The highest BCUT2D eigenvalue weighted by atomic mass is 16.1. The van der Waals surface area contributed by atoms with Gasteiger partial charge in [-0.2, -0.15) is 0 Å². The highest BCUT2D eigenvalue weighted by Gasteiger charge is 2.13. The fourth-order valence-electron chi connectivity index (χ4n) is 2.18. The minimum absolute atomic E-state index is 0.0495. The van der Waals surface area contributed by atoms with E-state index >= 15 is 0 Å². The number of nitrogens with one attached hydrogen (secondary N) is 2. The van der Waals surface area contributed by atoms with E-state index in [1.54, 1.807) is 0 Å². The van der Waals surface area contributed by atoms with E-state index in [9.17, 15) is 4.79 Å². The third-order valence-corrected chi connectivity index (χ3v) is 3.07. The predicted octanol–water partition coefficient (Wildman–Crippen LogP) is 3.26. The van der Waals surface area contributed by atoms with E-state index in [-0.39, 0.29) is 11.4 Å². The van der Waals surface area contributed by atoms with E-state index in [0.29, 0.717) is 13.0 Å². The van der Waals surface area contributed by atoms with E-state index in [1.807, 2.05) is 45.9 Å². The lowest BCUT2D eigenvalue weighted by molar-refractivity contribution is -0.122.